The highest BCUT2D eigenvalue weighted by Gasteiger charge is 2.25. The number of hydrogen-bond donors (Lipinski definition) is 2. The number of anilines is 1. The molecule has 3 N–H and O–H groups in total. The van der Waals surface area contributed by atoms with E-state index in [1.807, 2.05) is 0 Å². The van der Waals surface area contributed by atoms with Crippen LogP contribution in [0.5, 0.6) is 0 Å². The standard InChI is InChI=1S/C14H17N5O/c1-8-5-9(2)7-10(6-8)11-3-4-16-14-17-13(12(15)20)18-19(11)14/h5-7,11H,3-4H2,1-2H3,(H2,15,20)(H,16,17,18). The second-order valence-electron chi connectivity index (χ2n) is 5.22. The molecule has 2 heterocycles. The van der Waals surface area contributed by atoms with Gasteiger partial charge in [0, 0.05) is 6.54 Å². The predicted molar refractivity (Wildman–Crippen MR) is 75.7 cm³/mol. The van der Waals surface area contributed by atoms with Gasteiger partial charge in [0.05, 0.1) is 6.04 Å². The molecule has 1 amide bonds. The number of carbonyl (C=O) groups is 1. The molecule has 3 rings (SSSR count). The number of hydrogen-bond acceptors (Lipinski definition) is 4. The Balaban J connectivity index is 2.06. The van der Waals surface area contributed by atoms with Gasteiger partial charge in [0.2, 0.25) is 11.8 Å². The Hall–Kier alpha value is -2.37. The molecule has 0 bridgehead atoms. The van der Waals surface area contributed by atoms with Crippen molar-refractivity contribution in [1.82, 2.24) is 14.8 Å². The molecule has 104 valence electrons. The Kier molecular flexibility index (Phi) is 2.93. The number of nitrogens with one attached hydrogen (secondary N) is 1. The van der Waals surface area contributed by atoms with Crippen LogP contribution < -0.4 is 11.1 Å². The molecule has 20 heavy (non-hydrogen) atoms. The van der Waals surface area contributed by atoms with Gasteiger partial charge in [-0.05, 0) is 25.8 Å². The molecule has 2 aromatic rings. The van der Waals surface area contributed by atoms with Crippen LogP contribution in [-0.4, -0.2) is 27.2 Å². The van der Waals surface area contributed by atoms with Crippen molar-refractivity contribution in [1.29, 1.82) is 0 Å². The molecule has 0 radical (unpaired) electrons. The third-order valence-corrected chi connectivity index (χ3v) is 3.48. The Morgan fingerprint density at radius 2 is 2.05 bits per heavy atom. The van der Waals surface area contributed by atoms with Gasteiger partial charge in [-0.25, -0.2) is 4.68 Å². The van der Waals surface area contributed by atoms with Gasteiger partial charge in [-0.1, -0.05) is 29.3 Å². The maximum Gasteiger partial charge on any atom is 0.288 e. The lowest BCUT2D eigenvalue weighted by molar-refractivity contribution is 0.0990. The van der Waals surface area contributed by atoms with Crippen LogP contribution in [0.25, 0.3) is 0 Å². The summed E-state index contributed by atoms with van der Waals surface area (Å²) in [7, 11) is 0. The van der Waals surface area contributed by atoms with Crippen molar-refractivity contribution < 1.29 is 4.79 Å². The molecule has 1 atom stereocenters. The fourth-order valence-electron chi connectivity index (χ4n) is 2.72. The molecule has 1 aliphatic heterocycles. The molecular formula is C14H17N5O. The second-order valence-corrected chi connectivity index (χ2v) is 5.22. The third kappa shape index (κ3) is 2.13. The zero-order valence-electron chi connectivity index (χ0n) is 11.6. The smallest absolute Gasteiger partial charge is 0.288 e. The summed E-state index contributed by atoms with van der Waals surface area (Å²) in [5.74, 6) is 0.0610. The van der Waals surface area contributed by atoms with Crippen molar-refractivity contribution in [3.05, 3.63) is 40.7 Å². The molecule has 6 heteroatoms. The summed E-state index contributed by atoms with van der Waals surface area (Å²) < 4.78 is 1.76. The normalized spacial score (nSPS) is 17.4. The van der Waals surface area contributed by atoms with Crippen LogP contribution in [0.1, 0.15) is 39.8 Å². The molecule has 0 saturated carbocycles. The second kappa shape index (κ2) is 4.63. The number of amides is 1. The van der Waals surface area contributed by atoms with E-state index in [0.717, 1.165) is 13.0 Å². The minimum Gasteiger partial charge on any atom is -0.363 e. The molecule has 0 fully saturated rings. The van der Waals surface area contributed by atoms with Gasteiger partial charge in [0.25, 0.3) is 5.91 Å². The lowest BCUT2D eigenvalue weighted by Gasteiger charge is -2.25. The number of carbonyl (C=O) groups excluding carboxylic acids is 1. The molecule has 1 aromatic heterocycles. The summed E-state index contributed by atoms with van der Waals surface area (Å²) >= 11 is 0. The van der Waals surface area contributed by atoms with Gasteiger partial charge in [0.15, 0.2) is 0 Å². The quantitative estimate of drug-likeness (QED) is 0.864. The van der Waals surface area contributed by atoms with Crippen LogP contribution >= 0.6 is 0 Å². The first kappa shape index (κ1) is 12.7. The Morgan fingerprint density at radius 1 is 1.35 bits per heavy atom. The van der Waals surface area contributed by atoms with Crippen molar-refractivity contribution in [3.8, 4) is 0 Å². The van der Waals surface area contributed by atoms with Gasteiger partial charge in [-0.15, -0.1) is 5.10 Å². The van der Waals surface area contributed by atoms with Crippen LogP contribution in [0.2, 0.25) is 0 Å². The number of primary amides is 1. The molecular weight excluding hydrogens is 254 g/mol. The number of aromatic nitrogens is 3. The van der Waals surface area contributed by atoms with Gasteiger partial charge in [-0.3, -0.25) is 4.79 Å². The Bertz CT molecular complexity index is 656. The number of nitrogens with zero attached hydrogens (tertiary/aromatic N) is 3. The van der Waals surface area contributed by atoms with E-state index in [1.165, 1.54) is 16.7 Å². The lowest BCUT2D eigenvalue weighted by atomic mass is 9.98. The van der Waals surface area contributed by atoms with E-state index >= 15 is 0 Å². The first-order valence-corrected chi connectivity index (χ1v) is 6.63. The predicted octanol–water partition coefficient (Wildman–Crippen LogP) is 1.40. The van der Waals surface area contributed by atoms with Crippen LogP contribution in [-0.2, 0) is 0 Å². The number of benzene rings is 1. The molecule has 1 aromatic carbocycles. The maximum atomic E-state index is 11.2. The van der Waals surface area contributed by atoms with Crippen molar-refractivity contribution >= 4 is 11.9 Å². The number of rotatable bonds is 2. The molecule has 0 saturated heterocycles. The van der Waals surface area contributed by atoms with Crippen LogP contribution in [0, 0.1) is 13.8 Å². The summed E-state index contributed by atoms with van der Waals surface area (Å²) in [6, 6.07) is 6.53. The van der Waals surface area contributed by atoms with E-state index in [4.69, 9.17) is 5.73 Å². The minimum absolute atomic E-state index is 0.0591. The first-order valence-electron chi connectivity index (χ1n) is 6.63. The molecule has 6 nitrogen and oxygen atoms in total. The SMILES string of the molecule is Cc1cc(C)cc(C2CCNc3nc(C(N)=O)nn32)c1. The van der Waals surface area contributed by atoms with E-state index < -0.39 is 5.91 Å². The average molecular weight is 271 g/mol. The van der Waals surface area contributed by atoms with E-state index in [1.54, 1.807) is 4.68 Å². The fraction of sp³-hybridized carbons (Fsp3) is 0.357. The van der Waals surface area contributed by atoms with Gasteiger partial charge < -0.3 is 11.1 Å². The zero-order valence-corrected chi connectivity index (χ0v) is 11.6. The van der Waals surface area contributed by atoms with E-state index in [0.29, 0.717) is 5.95 Å². The van der Waals surface area contributed by atoms with E-state index in [9.17, 15) is 4.79 Å². The van der Waals surface area contributed by atoms with Crippen LogP contribution in [0.4, 0.5) is 5.95 Å². The molecule has 0 aliphatic carbocycles. The summed E-state index contributed by atoms with van der Waals surface area (Å²) in [6.07, 6.45) is 0.900. The van der Waals surface area contributed by atoms with Crippen LogP contribution in [0.15, 0.2) is 18.2 Å². The zero-order chi connectivity index (χ0) is 14.3. The van der Waals surface area contributed by atoms with Crippen molar-refractivity contribution in [2.75, 3.05) is 11.9 Å². The molecule has 1 unspecified atom stereocenters. The average Bonchev–Trinajstić information content (AvgIpc) is 2.81. The van der Waals surface area contributed by atoms with Gasteiger partial charge in [-0.2, -0.15) is 4.98 Å². The number of nitrogens with two attached hydrogens (primary N) is 1. The van der Waals surface area contributed by atoms with Crippen molar-refractivity contribution in [2.24, 2.45) is 5.73 Å². The van der Waals surface area contributed by atoms with Gasteiger partial charge in [0.1, 0.15) is 0 Å². The highest BCUT2D eigenvalue weighted by atomic mass is 16.1. The highest BCUT2D eigenvalue weighted by molar-refractivity contribution is 5.89. The summed E-state index contributed by atoms with van der Waals surface area (Å²) in [5, 5.41) is 7.38. The number of aryl methyl sites for hydroxylation is 2. The van der Waals surface area contributed by atoms with Crippen molar-refractivity contribution in [2.45, 2.75) is 26.3 Å². The van der Waals surface area contributed by atoms with E-state index in [-0.39, 0.29) is 11.9 Å². The summed E-state index contributed by atoms with van der Waals surface area (Å²) in [6.45, 7) is 4.96. The van der Waals surface area contributed by atoms with E-state index in [2.05, 4.69) is 47.4 Å². The minimum atomic E-state index is -0.604. The Labute approximate surface area is 117 Å². The molecule has 0 spiro atoms. The van der Waals surface area contributed by atoms with Crippen LogP contribution in [0.3, 0.4) is 0 Å². The topological polar surface area (TPSA) is 85.8 Å². The summed E-state index contributed by atoms with van der Waals surface area (Å²) in [4.78, 5) is 15.4. The van der Waals surface area contributed by atoms with Crippen molar-refractivity contribution in [3.63, 3.8) is 0 Å². The maximum absolute atomic E-state index is 11.2. The Morgan fingerprint density at radius 3 is 2.70 bits per heavy atom. The monoisotopic (exact) mass is 271 g/mol. The van der Waals surface area contributed by atoms with Gasteiger partial charge >= 0.3 is 0 Å². The lowest BCUT2D eigenvalue weighted by Crippen LogP contribution is -2.25. The summed E-state index contributed by atoms with van der Waals surface area (Å²) in [5.41, 5.74) is 8.88. The first-order chi connectivity index (χ1) is 9.54. The highest BCUT2D eigenvalue weighted by Crippen LogP contribution is 2.29. The number of fused-ring (bicyclic) bond motifs is 1. The fourth-order valence-corrected chi connectivity index (χ4v) is 2.72. The molecule has 1 aliphatic rings. The largest absolute Gasteiger partial charge is 0.363 e. The third-order valence-electron chi connectivity index (χ3n) is 3.48.